The highest BCUT2D eigenvalue weighted by atomic mass is 79.9. The van der Waals surface area contributed by atoms with Gasteiger partial charge in [0.25, 0.3) is 5.56 Å². The molecule has 1 N–H and O–H groups in total. The van der Waals surface area contributed by atoms with Crippen molar-refractivity contribution in [2.75, 3.05) is 0 Å². The van der Waals surface area contributed by atoms with Gasteiger partial charge in [-0.15, -0.1) is 0 Å². The van der Waals surface area contributed by atoms with Crippen molar-refractivity contribution in [2.45, 2.75) is 31.5 Å². The molecule has 2 aromatic rings. The summed E-state index contributed by atoms with van der Waals surface area (Å²) in [5.74, 6) is -0.346. The lowest BCUT2D eigenvalue weighted by atomic mass is 10.1. The van der Waals surface area contributed by atoms with Gasteiger partial charge < -0.3 is 4.98 Å². The van der Waals surface area contributed by atoms with Crippen molar-refractivity contribution < 1.29 is 4.39 Å². The zero-order valence-electron chi connectivity index (χ0n) is 10.3. The Bertz CT molecular complexity index is 639. The van der Waals surface area contributed by atoms with Crippen LogP contribution in [-0.2, 0) is 5.33 Å². The van der Waals surface area contributed by atoms with Gasteiger partial charge in [-0.3, -0.25) is 4.79 Å². The van der Waals surface area contributed by atoms with E-state index >= 15 is 0 Å². The minimum atomic E-state index is -0.412. The fourth-order valence-electron chi connectivity index (χ4n) is 1.81. The second kappa shape index (κ2) is 5.18. The molecule has 1 aromatic carbocycles. The average molecular weight is 313 g/mol. The van der Waals surface area contributed by atoms with Gasteiger partial charge in [0.2, 0.25) is 0 Å². The van der Waals surface area contributed by atoms with Crippen LogP contribution in [-0.4, -0.2) is 9.97 Å². The lowest BCUT2D eigenvalue weighted by Crippen LogP contribution is -2.18. The Morgan fingerprint density at radius 3 is 2.83 bits per heavy atom. The second-order valence-electron chi connectivity index (χ2n) is 4.33. The highest BCUT2D eigenvalue weighted by Gasteiger charge is 2.14. The van der Waals surface area contributed by atoms with Crippen LogP contribution in [0, 0.1) is 5.82 Å². The molecule has 18 heavy (non-hydrogen) atoms. The lowest BCUT2D eigenvalue weighted by molar-refractivity contribution is 0.624. The molecule has 1 unspecified atom stereocenters. The molecule has 0 amide bonds. The van der Waals surface area contributed by atoms with Crippen LogP contribution in [0.5, 0.6) is 0 Å². The Balaban J connectivity index is 2.72. The van der Waals surface area contributed by atoms with Crippen molar-refractivity contribution in [1.82, 2.24) is 9.97 Å². The number of nitrogens with one attached hydrogen (secondary N) is 1. The maximum absolute atomic E-state index is 14.0. The van der Waals surface area contributed by atoms with Crippen LogP contribution < -0.4 is 5.56 Å². The summed E-state index contributed by atoms with van der Waals surface area (Å²) < 4.78 is 14.0. The van der Waals surface area contributed by atoms with Crippen molar-refractivity contribution in [1.29, 1.82) is 0 Å². The first kappa shape index (κ1) is 13.2. The third-order valence-electron chi connectivity index (χ3n) is 3.14. The van der Waals surface area contributed by atoms with Gasteiger partial charge in [-0.05, 0) is 12.5 Å². The van der Waals surface area contributed by atoms with Gasteiger partial charge in [-0.1, -0.05) is 35.8 Å². The summed E-state index contributed by atoms with van der Waals surface area (Å²) in [6.07, 6.45) is 0.823. The summed E-state index contributed by atoms with van der Waals surface area (Å²) in [7, 11) is 0. The SMILES string of the molecule is CCC(C)c1nc2ccc(CBr)c(F)c2[nH]c1=O. The molecule has 1 aromatic heterocycles. The number of nitrogens with zero attached hydrogens (tertiary/aromatic N) is 1. The van der Waals surface area contributed by atoms with Crippen LogP contribution >= 0.6 is 15.9 Å². The predicted molar refractivity (Wildman–Crippen MR) is 73.7 cm³/mol. The van der Waals surface area contributed by atoms with Gasteiger partial charge in [0.1, 0.15) is 11.2 Å². The predicted octanol–water partition coefficient (Wildman–Crippen LogP) is 3.47. The van der Waals surface area contributed by atoms with E-state index in [-0.39, 0.29) is 17.0 Å². The van der Waals surface area contributed by atoms with E-state index in [2.05, 4.69) is 25.9 Å². The van der Waals surface area contributed by atoms with E-state index in [1.165, 1.54) is 0 Å². The third kappa shape index (κ3) is 2.19. The summed E-state index contributed by atoms with van der Waals surface area (Å²) >= 11 is 3.21. The molecule has 0 aliphatic heterocycles. The molecule has 2 rings (SSSR count). The smallest absolute Gasteiger partial charge is 0.270 e. The molecule has 0 radical (unpaired) electrons. The normalized spacial score (nSPS) is 12.9. The quantitative estimate of drug-likeness (QED) is 0.882. The van der Waals surface area contributed by atoms with Crippen LogP contribution in [0.2, 0.25) is 0 Å². The molecule has 0 saturated heterocycles. The molecule has 1 heterocycles. The van der Waals surface area contributed by atoms with Crippen molar-refractivity contribution >= 4 is 27.0 Å². The molecule has 0 saturated carbocycles. The minimum absolute atomic E-state index is 0.0667. The topological polar surface area (TPSA) is 45.8 Å². The molecular formula is C13H14BrFN2O. The summed E-state index contributed by atoms with van der Waals surface area (Å²) in [5.41, 5.74) is 1.35. The highest BCUT2D eigenvalue weighted by molar-refractivity contribution is 9.08. The van der Waals surface area contributed by atoms with Gasteiger partial charge >= 0.3 is 0 Å². The summed E-state index contributed by atoms with van der Waals surface area (Å²) in [4.78, 5) is 18.8. The number of alkyl halides is 1. The summed E-state index contributed by atoms with van der Waals surface area (Å²) in [5, 5.41) is 0.407. The molecule has 1 atom stereocenters. The van der Waals surface area contributed by atoms with Crippen molar-refractivity contribution in [3.8, 4) is 0 Å². The Morgan fingerprint density at radius 2 is 2.22 bits per heavy atom. The molecule has 0 aliphatic carbocycles. The maximum Gasteiger partial charge on any atom is 0.270 e. The summed E-state index contributed by atoms with van der Waals surface area (Å²) in [6, 6.07) is 3.41. The Labute approximate surface area is 113 Å². The summed E-state index contributed by atoms with van der Waals surface area (Å²) in [6.45, 7) is 3.93. The standard InChI is InChI=1S/C13H14BrFN2O/c1-3-7(2)11-13(18)17-12-9(16-11)5-4-8(6-14)10(12)15/h4-5,7H,3,6H2,1-2H3,(H,17,18). The van der Waals surface area contributed by atoms with Crippen LogP contribution in [0.4, 0.5) is 4.39 Å². The van der Waals surface area contributed by atoms with E-state index in [0.717, 1.165) is 6.42 Å². The number of aromatic amines is 1. The number of halogens is 2. The van der Waals surface area contributed by atoms with Crippen molar-refractivity contribution in [2.24, 2.45) is 0 Å². The van der Waals surface area contributed by atoms with Crippen molar-refractivity contribution in [3.63, 3.8) is 0 Å². The van der Waals surface area contributed by atoms with E-state index in [1.54, 1.807) is 12.1 Å². The highest BCUT2D eigenvalue weighted by Crippen LogP contribution is 2.21. The number of aromatic nitrogens is 2. The van der Waals surface area contributed by atoms with E-state index in [9.17, 15) is 9.18 Å². The average Bonchev–Trinajstić information content (AvgIpc) is 2.38. The maximum atomic E-state index is 14.0. The molecular weight excluding hydrogens is 299 g/mol. The Kier molecular flexibility index (Phi) is 3.80. The molecule has 96 valence electrons. The minimum Gasteiger partial charge on any atom is -0.317 e. The van der Waals surface area contributed by atoms with Crippen LogP contribution in [0.1, 0.15) is 37.4 Å². The van der Waals surface area contributed by atoms with Crippen molar-refractivity contribution in [3.05, 3.63) is 39.6 Å². The molecule has 0 bridgehead atoms. The van der Waals surface area contributed by atoms with Crippen LogP contribution in [0.3, 0.4) is 0 Å². The lowest BCUT2D eigenvalue weighted by Gasteiger charge is -2.09. The molecule has 0 aliphatic rings. The van der Waals surface area contributed by atoms with Gasteiger partial charge in [-0.25, -0.2) is 9.37 Å². The third-order valence-corrected chi connectivity index (χ3v) is 3.74. The zero-order chi connectivity index (χ0) is 13.3. The van der Waals surface area contributed by atoms with Gasteiger partial charge in [0.15, 0.2) is 5.82 Å². The van der Waals surface area contributed by atoms with E-state index < -0.39 is 5.82 Å². The van der Waals surface area contributed by atoms with Gasteiger partial charge in [-0.2, -0.15) is 0 Å². The van der Waals surface area contributed by atoms with Gasteiger partial charge in [0, 0.05) is 16.8 Å². The molecule has 0 fully saturated rings. The fraction of sp³-hybridized carbons (Fsp3) is 0.385. The molecule has 0 spiro atoms. The largest absolute Gasteiger partial charge is 0.317 e. The van der Waals surface area contributed by atoms with E-state index in [4.69, 9.17) is 0 Å². The molecule has 5 heteroatoms. The Morgan fingerprint density at radius 1 is 1.50 bits per heavy atom. The number of hydrogen-bond acceptors (Lipinski definition) is 2. The van der Waals surface area contributed by atoms with Gasteiger partial charge in [0.05, 0.1) is 5.52 Å². The molecule has 3 nitrogen and oxygen atoms in total. The second-order valence-corrected chi connectivity index (χ2v) is 4.89. The van der Waals surface area contributed by atoms with E-state index in [0.29, 0.717) is 22.1 Å². The van der Waals surface area contributed by atoms with Crippen LogP contribution in [0.25, 0.3) is 11.0 Å². The number of H-pyrrole nitrogens is 1. The fourth-order valence-corrected chi connectivity index (χ4v) is 2.24. The first-order valence-corrected chi connectivity index (χ1v) is 6.97. The Hall–Kier alpha value is -1.23. The monoisotopic (exact) mass is 312 g/mol. The first-order valence-electron chi connectivity index (χ1n) is 5.85. The zero-order valence-corrected chi connectivity index (χ0v) is 11.8. The number of hydrogen-bond donors (Lipinski definition) is 1. The number of benzene rings is 1. The number of rotatable bonds is 3. The van der Waals surface area contributed by atoms with E-state index in [1.807, 2.05) is 13.8 Å². The first-order chi connectivity index (χ1) is 8.58. The number of fused-ring (bicyclic) bond motifs is 1. The van der Waals surface area contributed by atoms with Crippen LogP contribution in [0.15, 0.2) is 16.9 Å².